The Morgan fingerprint density at radius 2 is 2.22 bits per heavy atom. The van der Waals surface area contributed by atoms with E-state index in [1.807, 2.05) is 23.9 Å². The summed E-state index contributed by atoms with van der Waals surface area (Å²) in [5.74, 6) is 3.34. The highest BCUT2D eigenvalue weighted by atomic mass is 32.2. The smallest absolute Gasteiger partial charge is 0.123 e. The quantitative estimate of drug-likeness (QED) is 0.905. The van der Waals surface area contributed by atoms with Crippen LogP contribution in [0.2, 0.25) is 0 Å². The molecule has 0 radical (unpaired) electrons. The Morgan fingerprint density at radius 1 is 1.44 bits per heavy atom. The average Bonchev–Trinajstić information content (AvgIpc) is 2.45. The Kier molecular flexibility index (Phi) is 4.91. The third kappa shape index (κ3) is 3.41. The molecular weight excluding hydrogens is 244 g/mol. The molecule has 2 rings (SSSR count). The van der Waals surface area contributed by atoms with E-state index < -0.39 is 0 Å². The fraction of sp³-hybridized carbons (Fsp3) is 0.500. The molecule has 0 saturated carbocycles. The maximum Gasteiger partial charge on any atom is 0.123 e. The largest absolute Gasteiger partial charge is 0.496 e. The summed E-state index contributed by atoms with van der Waals surface area (Å²) in [6.45, 7) is 0.772. The van der Waals surface area contributed by atoms with Gasteiger partial charge in [-0.25, -0.2) is 0 Å². The summed E-state index contributed by atoms with van der Waals surface area (Å²) in [6, 6.07) is 8.33. The standard InChI is InChI=1S/C14H18N2OS/c1-17-14-3-2-11(9-15)8-12(14)10-16-13-4-6-18-7-5-13/h2-3,8,13,16H,4-7,10H2,1H3. The second-order valence-corrected chi connectivity index (χ2v) is 5.63. The van der Waals surface area contributed by atoms with Gasteiger partial charge in [-0.3, -0.25) is 0 Å². The summed E-state index contributed by atoms with van der Waals surface area (Å²) in [4.78, 5) is 0. The predicted octanol–water partition coefficient (Wildman–Crippen LogP) is 2.55. The number of nitrogens with one attached hydrogen (secondary N) is 1. The molecule has 1 fully saturated rings. The molecule has 1 saturated heterocycles. The van der Waals surface area contributed by atoms with E-state index in [0.717, 1.165) is 17.9 Å². The fourth-order valence-corrected chi connectivity index (χ4v) is 3.25. The molecule has 1 heterocycles. The van der Waals surface area contributed by atoms with Crippen molar-refractivity contribution in [3.63, 3.8) is 0 Å². The lowest BCUT2D eigenvalue weighted by molar-refractivity contribution is 0.403. The van der Waals surface area contributed by atoms with Crippen LogP contribution in [0.25, 0.3) is 0 Å². The molecule has 1 aliphatic rings. The van der Waals surface area contributed by atoms with Crippen LogP contribution in [0.5, 0.6) is 5.75 Å². The molecule has 0 aromatic heterocycles. The van der Waals surface area contributed by atoms with Crippen LogP contribution in [0, 0.1) is 11.3 Å². The lowest BCUT2D eigenvalue weighted by atomic mass is 10.1. The topological polar surface area (TPSA) is 45.0 Å². The van der Waals surface area contributed by atoms with E-state index in [-0.39, 0.29) is 0 Å². The number of nitriles is 1. The normalized spacial score (nSPS) is 16.2. The molecule has 0 aliphatic carbocycles. The van der Waals surface area contributed by atoms with Crippen LogP contribution < -0.4 is 10.1 Å². The van der Waals surface area contributed by atoms with Crippen molar-refractivity contribution in [3.8, 4) is 11.8 Å². The van der Waals surface area contributed by atoms with Gasteiger partial charge in [-0.15, -0.1) is 0 Å². The van der Waals surface area contributed by atoms with Crippen molar-refractivity contribution in [3.05, 3.63) is 29.3 Å². The monoisotopic (exact) mass is 262 g/mol. The summed E-state index contributed by atoms with van der Waals surface area (Å²) < 4.78 is 5.33. The molecule has 96 valence electrons. The number of hydrogen-bond donors (Lipinski definition) is 1. The van der Waals surface area contributed by atoms with E-state index >= 15 is 0 Å². The zero-order valence-corrected chi connectivity index (χ0v) is 11.4. The van der Waals surface area contributed by atoms with Crippen molar-refractivity contribution in [2.24, 2.45) is 0 Å². The maximum atomic E-state index is 8.93. The van der Waals surface area contributed by atoms with E-state index in [4.69, 9.17) is 10.00 Å². The summed E-state index contributed by atoms with van der Waals surface area (Å²) in [7, 11) is 1.67. The Balaban J connectivity index is 2.00. The molecular formula is C14H18N2OS. The van der Waals surface area contributed by atoms with Gasteiger partial charge in [0.15, 0.2) is 0 Å². The number of methoxy groups -OCH3 is 1. The summed E-state index contributed by atoms with van der Waals surface area (Å²) in [5.41, 5.74) is 1.75. The van der Waals surface area contributed by atoms with Crippen molar-refractivity contribution in [2.45, 2.75) is 25.4 Å². The van der Waals surface area contributed by atoms with Crippen molar-refractivity contribution in [1.82, 2.24) is 5.32 Å². The summed E-state index contributed by atoms with van der Waals surface area (Å²) in [6.07, 6.45) is 2.45. The number of nitrogens with zero attached hydrogens (tertiary/aromatic N) is 1. The summed E-state index contributed by atoms with van der Waals surface area (Å²) in [5, 5.41) is 12.5. The van der Waals surface area contributed by atoms with E-state index in [1.165, 1.54) is 24.3 Å². The first kappa shape index (κ1) is 13.3. The van der Waals surface area contributed by atoms with Gasteiger partial charge < -0.3 is 10.1 Å². The zero-order chi connectivity index (χ0) is 12.8. The minimum atomic E-state index is 0.599. The van der Waals surface area contributed by atoms with Crippen LogP contribution >= 0.6 is 11.8 Å². The predicted molar refractivity (Wildman–Crippen MR) is 74.9 cm³/mol. The molecule has 1 aromatic carbocycles. The Bertz CT molecular complexity index is 436. The highest BCUT2D eigenvalue weighted by molar-refractivity contribution is 7.99. The minimum absolute atomic E-state index is 0.599. The second kappa shape index (κ2) is 6.67. The van der Waals surface area contributed by atoms with Gasteiger partial charge in [0, 0.05) is 18.2 Å². The number of ether oxygens (including phenoxy) is 1. The number of thioether (sulfide) groups is 1. The molecule has 0 atom stereocenters. The van der Waals surface area contributed by atoms with Crippen molar-refractivity contribution in [2.75, 3.05) is 18.6 Å². The molecule has 18 heavy (non-hydrogen) atoms. The molecule has 4 heteroatoms. The molecule has 1 aliphatic heterocycles. The van der Waals surface area contributed by atoms with Crippen LogP contribution in [0.3, 0.4) is 0 Å². The van der Waals surface area contributed by atoms with Crippen LogP contribution in [0.1, 0.15) is 24.0 Å². The Hall–Kier alpha value is -1.18. The Morgan fingerprint density at radius 3 is 2.89 bits per heavy atom. The molecule has 3 nitrogen and oxygen atoms in total. The van der Waals surface area contributed by atoms with Gasteiger partial charge in [-0.1, -0.05) is 0 Å². The SMILES string of the molecule is COc1ccc(C#N)cc1CNC1CCSCC1. The molecule has 0 amide bonds. The first-order valence-corrected chi connectivity index (χ1v) is 7.37. The molecule has 1 N–H and O–H groups in total. The average molecular weight is 262 g/mol. The number of rotatable bonds is 4. The third-order valence-electron chi connectivity index (χ3n) is 3.21. The van der Waals surface area contributed by atoms with E-state index in [1.54, 1.807) is 13.2 Å². The van der Waals surface area contributed by atoms with Crippen LogP contribution in [0.15, 0.2) is 18.2 Å². The minimum Gasteiger partial charge on any atom is -0.496 e. The summed E-state index contributed by atoms with van der Waals surface area (Å²) >= 11 is 2.03. The van der Waals surface area contributed by atoms with Gasteiger partial charge in [0.25, 0.3) is 0 Å². The van der Waals surface area contributed by atoms with Gasteiger partial charge in [0.1, 0.15) is 5.75 Å². The highest BCUT2D eigenvalue weighted by Gasteiger charge is 2.13. The third-order valence-corrected chi connectivity index (χ3v) is 4.26. The molecule has 0 unspecified atom stereocenters. The van der Waals surface area contributed by atoms with E-state index in [2.05, 4.69) is 11.4 Å². The molecule has 0 bridgehead atoms. The van der Waals surface area contributed by atoms with Crippen LogP contribution in [-0.2, 0) is 6.54 Å². The first-order chi connectivity index (χ1) is 8.83. The van der Waals surface area contributed by atoms with Crippen LogP contribution in [0.4, 0.5) is 0 Å². The highest BCUT2D eigenvalue weighted by Crippen LogP contribution is 2.21. The van der Waals surface area contributed by atoms with Gasteiger partial charge in [-0.2, -0.15) is 17.0 Å². The van der Waals surface area contributed by atoms with E-state index in [0.29, 0.717) is 11.6 Å². The molecule has 0 spiro atoms. The van der Waals surface area contributed by atoms with Crippen LogP contribution in [-0.4, -0.2) is 24.7 Å². The van der Waals surface area contributed by atoms with Gasteiger partial charge in [0.05, 0.1) is 18.7 Å². The second-order valence-electron chi connectivity index (χ2n) is 4.41. The molecule has 1 aromatic rings. The van der Waals surface area contributed by atoms with Crippen molar-refractivity contribution < 1.29 is 4.74 Å². The van der Waals surface area contributed by atoms with Crippen molar-refractivity contribution >= 4 is 11.8 Å². The van der Waals surface area contributed by atoms with E-state index in [9.17, 15) is 0 Å². The van der Waals surface area contributed by atoms with Crippen molar-refractivity contribution in [1.29, 1.82) is 5.26 Å². The van der Waals surface area contributed by atoms with Gasteiger partial charge in [0.2, 0.25) is 0 Å². The van der Waals surface area contributed by atoms with Gasteiger partial charge >= 0.3 is 0 Å². The zero-order valence-electron chi connectivity index (χ0n) is 10.6. The lowest BCUT2D eigenvalue weighted by Gasteiger charge is -2.23. The maximum absolute atomic E-state index is 8.93. The Labute approximate surface area is 113 Å². The lowest BCUT2D eigenvalue weighted by Crippen LogP contribution is -2.32. The number of hydrogen-bond acceptors (Lipinski definition) is 4. The van der Waals surface area contributed by atoms with Gasteiger partial charge in [-0.05, 0) is 42.5 Å². The number of benzene rings is 1. The first-order valence-electron chi connectivity index (χ1n) is 6.21. The fourth-order valence-electron chi connectivity index (χ4n) is 2.14.